The van der Waals surface area contributed by atoms with Gasteiger partial charge in [0.25, 0.3) is 0 Å². The summed E-state index contributed by atoms with van der Waals surface area (Å²) in [6.07, 6.45) is -0.937. The van der Waals surface area contributed by atoms with Crippen LogP contribution in [-0.2, 0) is 4.74 Å². The Morgan fingerprint density at radius 1 is 0.840 bits per heavy atom. The molecule has 1 atom stereocenters. The van der Waals surface area contributed by atoms with Gasteiger partial charge in [0.2, 0.25) is 5.78 Å². The lowest BCUT2D eigenvalue weighted by atomic mass is 10.1. The smallest absolute Gasteiger partial charge is 0.342 e. The van der Waals surface area contributed by atoms with Gasteiger partial charge in [0.1, 0.15) is 22.8 Å². The van der Waals surface area contributed by atoms with Gasteiger partial charge in [-0.05, 0) is 43.3 Å². The molecule has 2 rings (SSSR count). The van der Waals surface area contributed by atoms with Crippen LogP contribution in [0.15, 0.2) is 42.5 Å². The Kier molecular flexibility index (Phi) is 6.00. The van der Waals surface area contributed by atoms with Gasteiger partial charge in [-0.15, -0.1) is 0 Å². The SMILES string of the molecule is COc1ccc(C(=O)[C@@H](C)OC(=O)c2ccc(OC)cc2OC)cc1. The summed E-state index contributed by atoms with van der Waals surface area (Å²) < 4.78 is 20.6. The summed E-state index contributed by atoms with van der Waals surface area (Å²) in [4.78, 5) is 24.8. The third-order valence-electron chi connectivity index (χ3n) is 3.66. The molecular formula is C19H20O6. The second kappa shape index (κ2) is 8.19. The molecule has 0 spiro atoms. The number of ketones is 1. The molecule has 0 unspecified atom stereocenters. The first-order valence-electron chi connectivity index (χ1n) is 7.61. The van der Waals surface area contributed by atoms with Gasteiger partial charge in [0.15, 0.2) is 6.10 Å². The minimum Gasteiger partial charge on any atom is -0.497 e. The molecule has 6 nitrogen and oxygen atoms in total. The van der Waals surface area contributed by atoms with Crippen LogP contribution in [0.5, 0.6) is 17.2 Å². The summed E-state index contributed by atoms with van der Waals surface area (Å²) in [6, 6.07) is 11.3. The second-order valence-corrected chi connectivity index (χ2v) is 5.21. The van der Waals surface area contributed by atoms with E-state index in [0.717, 1.165) is 0 Å². The number of hydrogen-bond donors (Lipinski definition) is 0. The number of hydrogen-bond acceptors (Lipinski definition) is 6. The lowest BCUT2D eigenvalue weighted by molar-refractivity contribution is 0.0316. The first-order valence-corrected chi connectivity index (χ1v) is 7.61. The van der Waals surface area contributed by atoms with E-state index in [-0.39, 0.29) is 11.3 Å². The van der Waals surface area contributed by atoms with Crippen molar-refractivity contribution in [3.8, 4) is 17.2 Å². The van der Waals surface area contributed by atoms with Crippen molar-refractivity contribution in [1.29, 1.82) is 0 Å². The van der Waals surface area contributed by atoms with Crippen LogP contribution in [0.25, 0.3) is 0 Å². The van der Waals surface area contributed by atoms with Crippen LogP contribution < -0.4 is 14.2 Å². The van der Waals surface area contributed by atoms with Gasteiger partial charge in [-0.3, -0.25) is 4.79 Å². The zero-order chi connectivity index (χ0) is 18.4. The van der Waals surface area contributed by atoms with Crippen molar-refractivity contribution in [3.63, 3.8) is 0 Å². The maximum atomic E-state index is 12.4. The number of carbonyl (C=O) groups is 2. The normalized spacial score (nSPS) is 11.4. The Hall–Kier alpha value is -3.02. The van der Waals surface area contributed by atoms with E-state index in [1.54, 1.807) is 43.5 Å². The average molecular weight is 344 g/mol. The zero-order valence-corrected chi connectivity index (χ0v) is 14.6. The summed E-state index contributed by atoms with van der Waals surface area (Å²) >= 11 is 0. The number of Topliss-reactive ketones (excluding diaryl/α,β-unsaturated/α-hetero) is 1. The largest absolute Gasteiger partial charge is 0.497 e. The van der Waals surface area contributed by atoms with E-state index < -0.39 is 12.1 Å². The molecule has 0 N–H and O–H groups in total. The van der Waals surface area contributed by atoms with Gasteiger partial charge in [-0.2, -0.15) is 0 Å². The first-order chi connectivity index (χ1) is 12.0. The van der Waals surface area contributed by atoms with Gasteiger partial charge in [0, 0.05) is 11.6 Å². The minimum absolute atomic E-state index is 0.220. The molecule has 2 aromatic carbocycles. The second-order valence-electron chi connectivity index (χ2n) is 5.21. The van der Waals surface area contributed by atoms with E-state index in [9.17, 15) is 9.59 Å². The molecule has 0 bridgehead atoms. The number of carbonyl (C=O) groups excluding carboxylic acids is 2. The van der Waals surface area contributed by atoms with Gasteiger partial charge in [-0.25, -0.2) is 4.79 Å². The molecular weight excluding hydrogens is 324 g/mol. The summed E-state index contributed by atoms with van der Waals surface area (Å²) in [5.74, 6) is 0.561. The van der Waals surface area contributed by atoms with Gasteiger partial charge in [0.05, 0.1) is 21.3 Å². The quantitative estimate of drug-likeness (QED) is 0.568. The summed E-state index contributed by atoms with van der Waals surface area (Å²) in [6.45, 7) is 1.53. The molecule has 6 heteroatoms. The van der Waals surface area contributed by atoms with Crippen molar-refractivity contribution < 1.29 is 28.5 Å². The van der Waals surface area contributed by atoms with E-state index in [0.29, 0.717) is 22.8 Å². The van der Waals surface area contributed by atoms with E-state index >= 15 is 0 Å². The number of ether oxygens (including phenoxy) is 4. The molecule has 0 aliphatic carbocycles. The predicted octanol–water partition coefficient (Wildman–Crippen LogP) is 3.14. The molecule has 0 fully saturated rings. The molecule has 0 aliphatic heterocycles. The third kappa shape index (κ3) is 4.29. The molecule has 0 radical (unpaired) electrons. The summed E-state index contributed by atoms with van der Waals surface area (Å²) in [7, 11) is 4.50. The monoisotopic (exact) mass is 344 g/mol. The van der Waals surface area contributed by atoms with E-state index in [4.69, 9.17) is 18.9 Å². The molecule has 0 saturated carbocycles. The maximum Gasteiger partial charge on any atom is 0.342 e. The molecule has 2 aromatic rings. The summed E-state index contributed by atoms with van der Waals surface area (Å²) in [5, 5.41) is 0. The Morgan fingerprint density at radius 3 is 2.00 bits per heavy atom. The highest BCUT2D eigenvalue weighted by atomic mass is 16.5. The van der Waals surface area contributed by atoms with Crippen LogP contribution in [0.4, 0.5) is 0 Å². The fourth-order valence-corrected chi connectivity index (χ4v) is 2.23. The number of rotatable bonds is 7. The Labute approximate surface area is 146 Å². The first kappa shape index (κ1) is 18.3. The Bertz CT molecular complexity index is 751. The van der Waals surface area contributed by atoms with E-state index in [2.05, 4.69) is 0 Å². The van der Waals surface area contributed by atoms with Crippen LogP contribution in [0.1, 0.15) is 27.6 Å². The molecule has 132 valence electrons. The summed E-state index contributed by atoms with van der Waals surface area (Å²) in [5.41, 5.74) is 0.653. The Morgan fingerprint density at radius 2 is 1.44 bits per heavy atom. The average Bonchev–Trinajstić information content (AvgIpc) is 2.66. The fraction of sp³-hybridized carbons (Fsp3) is 0.263. The molecule has 0 saturated heterocycles. The number of esters is 1. The van der Waals surface area contributed by atoms with Crippen LogP contribution in [0.3, 0.4) is 0 Å². The highest BCUT2D eigenvalue weighted by molar-refractivity contribution is 6.02. The van der Waals surface area contributed by atoms with Crippen molar-refractivity contribution >= 4 is 11.8 Å². The highest BCUT2D eigenvalue weighted by Crippen LogP contribution is 2.25. The number of benzene rings is 2. The van der Waals surface area contributed by atoms with E-state index in [1.807, 2.05) is 0 Å². The molecule has 0 aliphatic rings. The maximum absolute atomic E-state index is 12.4. The molecule has 0 heterocycles. The number of methoxy groups -OCH3 is 3. The van der Waals surface area contributed by atoms with Crippen molar-refractivity contribution in [3.05, 3.63) is 53.6 Å². The third-order valence-corrected chi connectivity index (χ3v) is 3.66. The fourth-order valence-electron chi connectivity index (χ4n) is 2.23. The highest BCUT2D eigenvalue weighted by Gasteiger charge is 2.22. The van der Waals surface area contributed by atoms with Crippen LogP contribution in [0, 0.1) is 0 Å². The van der Waals surface area contributed by atoms with Crippen LogP contribution >= 0.6 is 0 Å². The van der Waals surface area contributed by atoms with Crippen molar-refractivity contribution in [2.75, 3.05) is 21.3 Å². The van der Waals surface area contributed by atoms with Crippen molar-refractivity contribution in [2.45, 2.75) is 13.0 Å². The topological polar surface area (TPSA) is 71.1 Å². The van der Waals surface area contributed by atoms with Crippen molar-refractivity contribution in [2.24, 2.45) is 0 Å². The lowest BCUT2D eigenvalue weighted by Gasteiger charge is -2.14. The minimum atomic E-state index is -0.937. The standard InChI is InChI=1S/C19H20O6/c1-12(18(20)13-5-7-14(22-2)8-6-13)25-19(21)16-10-9-15(23-3)11-17(16)24-4/h5-12H,1-4H3/t12-/m1/s1. The van der Waals surface area contributed by atoms with Crippen molar-refractivity contribution in [1.82, 2.24) is 0 Å². The van der Waals surface area contributed by atoms with Crippen LogP contribution in [-0.4, -0.2) is 39.2 Å². The van der Waals surface area contributed by atoms with Gasteiger partial charge < -0.3 is 18.9 Å². The van der Waals surface area contributed by atoms with Gasteiger partial charge in [-0.1, -0.05) is 0 Å². The van der Waals surface area contributed by atoms with E-state index in [1.165, 1.54) is 27.2 Å². The molecule has 25 heavy (non-hydrogen) atoms. The molecule has 0 amide bonds. The zero-order valence-electron chi connectivity index (χ0n) is 14.6. The van der Waals surface area contributed by atoms with Crippen LogP contribution in [0.2, 0.25) is 0 Å². The molecule has 0 aromatic heterocycles. The lowest BCUT2D eigenvalue weighted by Crippen LogP contribution is -2.24. The van der Waals surface area contributed by atoms with Gasteiger partial charge >= 0.3 is 5.97 Å². The Balaban J connectivity index is 2.12. The predicted molar refractivity (Wildman–Crippen MR) is 91.7 cm³/mol.